The zero-order valence-electron chi connectivity index (χ0n) is 10.7. The van der Waals surface area contributed by atoms with Gasteiger partial charge in [-0.05, 0) is 25.5 Å². The number of nitrogens with one attached hydrogen (secondary N) is 1. The molecule has 0 saturated carbocycles. The summed E-state index contributed by atoms with van der Waals surface area (Å²) in [6, 6.07) is 3.75. The summed E-state index contributed by atoms with van der Waals surface area (Å²) in [5.41, 5.74) is 0. The molecule has 2 heterocycles. The molecule has 2 aromatic rings. The van der Waals surface area contributed by atoms with Gasteiger partial charge in [0.2, 0.25) is 0 Å². The Morgan fingerprint density at radius 3 is 3.00 bits per heavy atom. The van der Waals surface area contributed by atoms with Crippen LogP contribution in [-0.4, -0.2) is 20.7 Å². The maximum absolute atomic E-state index is 9.94. The van der Waals surface area contributed by atoms with Crippen molar-refractivity contribution in [3.05, 3.63) is 42.4 Å². The van der Waals surface area contributed by atoms with E-state index in [9.17, 15) is 5.11 Å². The van der Waals surface area contributed by atoms with Crippen molar-refractivity contribution in [3.8, 4) is 0 Å². The predicted octanol–water partition coefficient (Wildman–Crippen LogP) is 1.61. The smallest absolute Gasteiger partial charge is 0.132 e. The van der Waals surface area contributed by atoms with Crippen molar-refractivity contribution < 1.29 is 9.52 Å². The minimum absolute atomic E-state index is 0.182. The molecule has 2 N–H and O–H groups in total. The van der Waals surface area contributed by atoms with Crippen LogP contribution in [0.15, 0.2) is 35.2 Å². The highest BCUT2D eigenvalue weighted by molar-refractivity contribution is 5.02. The molecule has 0 aliphatic carbocycles. The third-order valence-corrected chi connectivity index (χ3v) is 2.98. The van der Waals surface area contributed by atoms with Gasteiger partial charge in [-0.2, -0.15) is 0 Å². The van der Waals surface area contributed by atoms with Gasteiger partial charge in [0.1, 0.15) is 17.7 Å². The van der Waals surface area contributed by atoms with Crippen LogP contribution in [0.2, 0.25) is 0 Å². The van der Waals surface area contributed by atoms with E-state index in [1.807, 2.05) is 24.7 Å². The molecule has 0 spiro atoms. The fraction of sp³-hybridized carbons (Fsp3) is 0.462. The zero-order chi connectivity index (χ0) is 13.0. The summed E-state index contributed by atoms with van der Waals surface area (Å²) < 4.78 is 7.15. The molecule has 18 heavy (non-hydrogen) atoms. The Labute approximate surface area is 106 Å². The van der Waals surface area contributed by atoms with Crippen molar-refractivity contribution in [2.24, 2.45) is 7.05 Å². The number of nitrogens with zero attached hydrogens (tertiary/aromatic N) is 2. The van der Waals surface area contributed by atoms with E-state index in [2.05, 4.69) is 10.3 Å². The Morgan fingerprint density at radius 2 is 2.39 bits per heavy atom. The van der Waals surface area contributed by atoms with Gasteiger partial charge < -0.3 is 19.4 Å². The molecule has 98 valence electrons. The van der Waals surface area contributed by atoms with Gasteiger partial charge in [-0.1, -0.05) is 0 Å². The average molecular weight is 249 g/mol. The minimum Gasteiger partial charge on any atom is -0.467 e. The molecular weight excluding hydrogens is 230 g/mol. The Kier molecular flexibility index (Phi) is 4.17. The standard InChI is InChI=1S/C13H19N3O2/c1-10(8-11(17)12-4-3-7-18-12)15-9-13-14-5-6-16(13)2/h3-7,10-11,15,17H,8-9H2,1-2H3/t10-,11-/m0/s1. The van der Waals surface area contributed by atoms with Crippen LogP contribution in [0.25, 0.3) is 0 Å². The molecule has 0 fully saturated rings. The first kappa shape index (κ1) is 12.9. The summed E-state index contributed by atoms with van der Waals surface area (Å²) in [6.45, 7) is 2.73. The second-order valence-corrected chi connectivity index (χ2v) is 4.50. The van der Waals surface area contributed by atoms with E-state index in [4.69, 9.17) is 4.42 Å². The number of imidazole rings is 1. The SMILES string of the molecule is C[C@@H](C[C@H](O)c1ccco1)NCc1nccn1C. The van der Waals surface area contributed by atoms with E-state index in [0.717, 1.165) is 5.82 Å². The number of hydrogen-bond donors (Lipinski definition) is 2. The second-order valence-electron chi connectivity index (χ2n) is 4.50. The van der Waals surface area contributed by atoms with Crippen molar-refractivity contribution in [2.75, 3.05) is 0 Å². The van der Waals surface area contributed by atoms with E-state index < -0.39 is 6.10 Å². The molecular formula is C13H19N3O2. The lowest BCUT2D eigenvalue weighted by molar-refractivity contribution is 0.128. The Hall–Kier alpha value is -1.59. The normalized spacial score (nSPS) is 14.6. The Balaban J connectivity index is 1.79. The van der Waals surface area contributed by atoms with E-state index in [1.54, 1.807) is 24.6 Å². The zero-order valence-corrected chi connectivity index (χ0v) is 10.7. The summed E-state index contributed by atoms with van der Waals surface area (Å²) in [6.07, 6.45) is 5.31. The van der Waals surface area contributed by atoms with Gasteiger partial charge in [-0.15, -0.1) is 0 Å². The topological polar surface area (TPSA) is 63.2 Å². The van der Waals surface area contributed by atoms with Crippen LogP contribution in [-0.2, 0) is 13.6 Å². The molecule has 2 rings (SSSR count). The average Bonchev–Trinajstić information content (AvgIpc) is 2.97. The van der Waals surface area contributed by atoms with Gasteiger partial charge in [-0.25, -0.2) is 4.98 Å². The highest BCUT2D eigenvalue weighted by atomic mass is 16.4. The van der Waals surface area contributed by atoms with E-state index >= 15 is 0 Å². The maximum atomic E-state index is 9.94. The molecule has 0 amide bonds. The summed E-state index contributed by atoms with van der Waals surface area (Å²) in [4.78, 5) is 4.24. The number of aliphatic hydroxyl groups is 1. The van der Waals surface area contributed by atoms with Crippen molar-refractivity contribution >= 4 is 0 Å². The third-order valence-electron chi connectivity index (χ3n) is 2.98. The molecule has 2 atom stereocenters. The van der Waals surface area contributed by atoms with Crippen LogP contribution in [0.3, 0.4) is 0 Å². The predicted molar refractivity (Wildman–Crippen MR) is 67.8 cm³/mol. The summed E-state index contributed by atoms with van der Waals surface area (Å²) >= 11 is 0. The maximum Gasteiger partial charge on any atom is 0.132 e. The van der Waals surface area contributed by atoms with Crippen LogP contribution in [0.4, 0.5) is 0 Å². The highest BCUT2D eigenvalue weighted by Crippen LogP contribution is 2.18. The fourth-order valence-electron chi connectivity index (χ4n) is 1.85. The number of hydrogen-bond acceptors (Lipinski definition) is 4. The number of aliphatic hydroxyl groups excluding tert-OH is 1. The van der Waals surface area contributed by atoms with Gasteiger partial charge in [0, 0.05) is 25.5 Å². The minimum atomic E-state index is -0.566. The monoisotopic (exact) mass is 249 g/mol. The lowest BCUT2D eigenvalue weighted by Gasteiger charge is -2.16. The van der Waals surface area contributed by atoms with Gasteiger partial charge in [0.15, 0.2) is 0 Å². The molecule has 0 aliphatic rings. The van der Waals surface area contributed by atoms with Crippen LogP contribution >= 0.6 is 0 Å². The van der Waals surface area contributed by atoms with Crippen LogP contribution in [0.5, 0.6) is 0 Å². The van der Waals surface area contributed by atoms with Gasteiger partial charge in [0.25, 0.3) is 0 Å². The number of rotatable bonds is 6. The second kappa shape index (κ2) is 5.84. The quantitative estimate of drug-likeness (QED) is 0.816. The molecule has 0 saturated heterocycles. The highest BCUT2D eigenvalue weighted by Gasteiger charge is 2.14. The molecule has 0 unspecified atom stereocenters. The van der Waals surface area contributed by atoms with E-state index in [1.165, 1.54) is 0 Å². The number of aromatic nitrogens is 2. The lowest BCUT2D eigenvalue weighted by Crippen LogP contribution is -2.28. The molecule has 2 aromatic heterocycles. The first-order valence-corrected chi connectivity index (χ1v) is 6.08. The van der Waals surface area contributed by atoms with E-state index in [-0.39, 0.29) is 6.04 Å². The molecule has 5 heteroatoms. The largest absolute Gasteiger partial charge is 0.467 e. The van der Waals surface area contributed by atoms with Gasteiger partial charge in [-0.3, -0.25) is 0 Å². The molecule has 0 aliphatic heterocycles. The summed E-state index contributed by atoms with van der Waals surface area (Å²) in [5, 5.41) is 13.3. The molecule has 0 aromatic carbocycles. The van der Waals surface area contributed by atoms with Crippen LogP contribution in [0.1, 0.15) is 31.0 Å². The lowest BCUT2D eigenvalue weighted by atomic mass is 10.1. The Morgan fingerprint density at radius 1 is 1.56 bits per heavy atom. The van der Waals surface area contributed by atoms with Crippen molar-refractivity contribution in [2.45, 2.75) is 32.0 Å². The van der Waals surface area contributed by atoms with Crippen LogP contribution < -0.4 is 5.32 Å². The molecule has 0 radical (unpaired) electrons. The first-order valence-electron chi connectivity index (χ1n) is 6.08. The van der Waals surface area contributed by atoms with E-state index in [0.29, 0.717) is 18.7 Å². The molecule has 5 nitrogen and oxygen atoms in total. The van der Waals surface area contributed by atoms with Crippen molar-refractivity contribution in [1.29, 1.82) is 0 Å². The number of furan rings is 1. The Bertz CT molecular complexity index is 464. The van der Waals surface area contributed by atoms with Gasteiger partial charge in [0.05, 0.1) is 12.8 Å². The summed E-state index contributed by atoms with van der Waals surface area (Å²) in [7, 11) is 1.96. The number of aryl methyl sites for hydroxylation is 1. The first-order chi connectivity index (χ1) is 8.66. The summed E-state index contributed by atoms with van der Waals surface area (Å²) in [5.74, 6) is 1.59. The van der Waals surface area contributed by atoms with Crippen molar-refractivity contribution in [3.63, 3.8) is 0 Å². The van der Waals surface area contributed by atoms with Gasteiger partial charge >= 0.3 is 0 Å². The fourth-order valence-corrected chi connectivity index (χ4v) is 1.85. The van der Waals surface area contributed by atoms with Crippen LogP contribution in [0, 0.1) is 0 Å². The third kappa shape index (κ3) is 3.21. The van der Waals surface area contributed by atoms with Crippen molar-refractivity contribution in [1.82, 2.24) is 14.9 Å². The molecule has 0 bridgehead atoms.